The van der Waals surface area contributed by atoms with E-state index >= 15 is 0 Å². The van der Waals surface area contributed by atoms with Gasteiger partial charge in [-0.05, 0) is 62.8 Å². The minimum atomic E-state index is -0.0897. The number of ether oxygens (including phenoxy) is 1. The molecular formula is C23H31N3O3. The van der Waals surface area contributed by atoms with Gasteiger partial charge in [0.2, 0.25) is 0 Å². The number of fused-ring (bicyclic) bond motifs is 1. The van der Waals surface area contributed by atoms with Crippen LogP contribution in [0.3, 0.4) is 0 Å². The first-order valence-electron chi connectivity index (χ1n) is 10.7. The molecule has 0 amide bonds. The zero-order chi connectivity index (χ0) is 20.6. The number of aryl methyl sites for hydroxylation is 1. The van der Waals surface area contributed by atoms with Crippen LogP contribution in [0, 0.1) is 6.92 Å². The highest BCUT2D eigenvalue weighted by atomic mass is 16.5. The summed E-state index contributed by atoms with van der Waals surface area (Å²) in [6.07, 6.45) is 8.76. The Morgan fingerprint density at radius 2 is 1.86 bits per heavy atom. The summed E-state index contributed by atoms with van der Waals surface area (Å²) in [7, 11) is 0. The van der Waals surface area contributed by atoms with Crippen molar-refractivity contribution in [2.45, 2.75) is 83.0 Å². The van der Waals surface area contributed by atoms with Gasteiger partial charge in [-0.1, -0.05) is 25.3 Å². The van der Waals surface area contributed by atoms with Crippen molar-refractivity contribution >= 4 is 5.82 Å². The predicted octanol–water partition coefficient (Wildman–Crippen LogP) is 4.22. The molecule has 0 saturated heterocycles. The number of phenolic OH excluding ortho intramolecular Hbond substituents is 1. The monoisotopic (exact) mass is 397 g/mol. The van der Waals surface area contributed by atoms with Crippen LogP contribution in [0.2, 0.25) is 0 Å². The molecule has 1 aliphatic heterocycles. The van der Waals surface area contributed by atoms with Crippen molar-refractivity contribution in [1.29, 1.82) is 0 Å². The zero-order valence-electron chi connectivity index (χ0n) is 17.3. The van der Waals surface area contributed by atoms with Crippen molar-refractivity contribution < 1.29 is 14.9 Å². The van der Waals surface area contributed by atoms with Gasteiger partial charge in [0.25, 0.3) is 0 Å². The number of aliphatic hydroxyl groups is 1. The van der Waals surface area contributed by atoms with Gasteiger partial charge in [-0.25, -0.2) is 0 Å². The van der Waals surface area contributed by atoms with Crippen LogP contribution in [0.4, 0.5) is 5.82 Å². The molecule has 2 fully saturated rings. The van der Waals surface area contributed by atoms with E-state index in [1.807, 2.05) is 26.0 Å². The largest absolute Gasteiger partial charge is 0.507 e. The highest BCUT2D eigenvalue weighted by molar-refractivity contribution is 5.73. The standard InChI is InChI=1S/C17H19N3O2.C6H12O/c1-9-3-4-11(13(21)7-9)15-12-8-17(5-6-17)22-10(2)14(12)16(18)20-19-15;7-6-4-2-1-3-5-6/h3-4,7,10,21H,5-6,8H2,1-2H3,(H2,18,20);6-7H,1-5H2. The summed E-state index contributed by atoms with van der Waals surface area (Å²) in [5.74, 6) is 0.651. The van der Waals surface area contributed by atoms with Crippen molar-refractivity contribution in [3.8, 4) is 17.0 Å². The molecule has 2 saturated carbocycles. The summed E-state index contributed by atoms with van der Waals surface area (Å²) < 4.78 is 6.12. The third-order valence-corrected chi connectivity index (χ3v) is 6.27. The summed E-state index contributed by atoms with van der Waals surface area (Å²) in [4.78, 5) is 0. The Labute approximate surface area is 172 Å². The third-order valence-electron chi connectivity index (χ3n) is 6.27. The molecule has 2 aromatic rings. The van der Waals surface area contributed by atoms with Crippen LogP contribution in [0.15, 0.2) is 18.2 Å². The summed E-state index contributed by atoms with van der Waals surface area (Å²) in [6, 6.07) is 5.61. The van der Waals surface area contributed by atoms with Gasteiger partial charge in [-0.15, -0.1) is 10.2 Å². The Morgan fingerprint density at radius 3 is 2.45 bits per heavy atom. The number of anilines is 1. The molecule has 156 valence electrons. The maximum Gasteiger partial charge on any atom is 0.152 e. The number of aliphatic hydroxyl groups excluding tert-OH is 1. The average Bonchev–Trinajstić information content (AvgIpc) is 3.42. The average molecular weight is 398 g/mol. The molecule has 1 aromatic carbocycles. The Bertz CT molecular complexity index is 889. The molecule has 4 N–H and O–H groups in total. The maximum atomic E-state index is 10.3. The number of benzene rings is 1. The lowest BCUT2D eigenvalue weighted by molar-refractivity contribution is -0.0338. The number of hydrogen-bond donors (Lipinski definition) is 3. The van der Waals surface area contributed by atoms with Crippen LogP contribution in [0.1, 0.15) is 74.7 Å². The zero-order valence-corrected chi connectivity index (χ0v) is 17.3. The topological polar surface area (TPSA) is 101 Å². The van der Waals surface area contributed by atoms with Crippen LogP contribution in [-0.4, -0.2) is 32.1 Å². The second-order valence-electron chi connectivity index (χ2n) is 8.76. The van der Waals surface area contributed by atoms with Crippen molar-refractivity contribution in [3.05, 3.63) is 34.9 Å². The maximum absolute atomic E-state index is 10.3. The number of nitrogens with zero attached hydrogens (tertiary/aromatic N) is 2. The fraction of sp³-hybridized carbons (Fsp3) is 0.565. The van der Waals surface area contributed by atoms with E-state index in [1.54, 1.807) is 6.07 Å². The molecule has 0 bridgehead atoms. The molecule has 1 atom stereocenters. The highest BCUT2D eigenvalue weighted by Gasteiger charge is 2.50. The van der Waals surface area contributed by atoms with Gasteiger partial charge in [0.1, 0.15) is 11.4 Å². The second kappa shape index (κ2) is 7.92. The van der Waals surface area contributed by atoms with Crippen molar-refractivity contribution in [1.82, 2.24) is 10.2 Å². The first kappa shape index (κ1) is 20.1. The number of aromatic hydroxyl groups is 1. The van der Waals surface area contributed by atoms with Gasteiger partial charge in [0.15, 0.2) is 5.82 Å². The van der Waals surface area contributed by atoms with E-state index in [4.69, 9.17) is 15.6 Å². The third kappa shape index (κ3) is 4.23. The molecule has 6 nitrogen and oxygen atoms in total. The molecule has 1 aromatic heterocycles. The van der Waals surface area contributed by atoms with Crippen LogP contribution < -0.4 is 5.73 Å². The smallest absolute Gasteiger partial charge is 0.152 e. The lowest BCUT2D eigenvalue weighted by atomic mass is 9.90. The number of rotatable bonds is 1. The summed E-state index contributed by atoms with van der Waals surface area (Å²) in [5, 5.41) is 27.6. The van der Waals surface area contributed by atoms with Crippen LogP contribution in [0.5, 0.6) is 5.75 Å². The van der Waals surface area contributed by atoms with E-state index in [1.165, 1.54) is 19.3 Å². The van der Waals surface area contributed by atoms with Crippen LogP contribution in [-0.2, 0) is 11.2 Å². The molecule has 1 unspecified atom stereocenters. The summed E-state index contributed by atoms with van der Waals surface area (Å²) in [5.41, 5.74) is 10.4. The van der Waals surface area contributed by atoms with E-state index in [9.17, 15) is 5.11 Å². The molecule has 29 heavy (non-hydrogen) atoms. The molecule has 5 rings (SSSR count). The van der Waals surface area contributed by atoms with Gasteiger partial charge in [0, 0.05) is 17.5 Å². The fourth-order valence-electron chi connectivity index (χ4n) is 4.50. The summed E-state index contributed by atoms with van der Waals surface area (Å²) >= 11 is 0. The second-order valence-corrected chi connectivity index (χ2v) is 8.76. The molecule has 6 heteroatoms. The van der Waals surface area contributed by atoms with Crippen LogP contribution in [0.25, 0.3) is 11.3 Å². The van der Waals surface area contributed by atoms with Crippen molar-refractivity contribution in [2.24, 2.45) is 0 Å². The van der Waals surface area contributed by atoms with Gasteiger partial charge in [-0.3, -0.25) is 0 Å². The van der Waals surface area contributed by atoms with Gasteiger partial charge in [-0.2, -0.15) is 0 Å². The predicted molar refractivity (Wildman–Crippen MR) is 113 cm³/mol. The highest BCUT2D eigenvalue weighted by Crippen LogP contribution is 2.52. The molecule has 2 aliphatic carbocycles. The number of aromatic nitrogens is 2. The molecular weight excluding hydrogens is 366 g/mol. The molecule has 2 heterocycles. The fourth-order valence-corrected chi connectivity index (χ4v) is 4.50. The minimum absolute atomic E-state index is 0.0359. The van der Waals surface area contributed by atoms with Crippen molar-refractivity contribution in [2.75, 3.05) is 5.73 Å². The number of nitrogens with two attached hydrogens (primary N) is 1. The van der Waals surface area contributed by atoms with E-state index in [2.05, 4.69) is 10.2 Å². The van der Waals surface area contributed by atoms with Gasteiger partial charge >= 0.3 is 0 Å². The number of phenols is 1. The van der Waals surface area contributed by atoms with E-state index in [0.717, 1.165) is 54.5 Å². The lowest BCUT2D eigenvalue weighted by Crippen LogP contribution is -2.28. The quantitative estimate of drug-likeness (QED) is 0.666. The Hall–Kier alpha value is -2.18. The normalized spacial score (nSPS) is 22.5. The van der Waals surface area contributed by atoms with E-state index < -0.39 is 0 Å². The van der Waals surface area contributed by atoms with E-state index in [0.29, 0.717) is 11.4 Å². The molecule has 1 spiro atoms. The van der Waals surface area contributed by atoms with Gasteiger partial charge < -0.3 is 20.7 Å². The molecule has 3 aliphatic rings. The first-order chi connectivity index (χ1) is 13.9. The Morgan fingerprint density at radius 1 is 1.14 bits per heavy atom. The first-order valence-corrected chi connectivity index (χ1v) is 10.7. The molecule has 0 radical (unpaired) electrons. The Balaban J connectivity index is 0.000000249. The lowest BCUT2D eigenvalue weighted by Gasteiger charge is -2.32. The number of nitrogen functional groups attached to an aromatic ring is 1. The number of hydrogen-bond acceptors (Lipinski definition) is 6. The van der Waals surface area contributed by atoms with Crippen molar-refractivity contribution in [3.63, 3.8) is 0 Å². The van der Waals surface area contributed by atoms with Gasteiger partial charge in [0.05, 0.1) is 17.8 Å². The minimum Gasteiger partial charge on any atom is -0.507 e. The van der Waals surface area contributed by atoms with E-state index in [-0.39, 0.29) is 23.6 Å². The summed E-state index contributed by atoms with van der Waals surface area (Å²) in [6.45, 7) is 3.96. The Kier molecular flexibility index (Phi) is 5.49. The van der Waals surface area contributed by atoms with Crippen LogP contribution >= 0.6 is 0 Å². The SMILES string of the molecule is Cc1ccc(-c2nnc(N)c3c2CC2(CC2)OC3C)c(O)c1.OC1CCCCC1.